The smallest absolute Gasteiger partial charge is 0.416 e. The van der Waals surface area contributed by atoms with Gasteiger partial charge in [0, 0.05) is 36.2 Å². The molecular formula is C61H65N5O12Si. The summed E-state index contributed by atoms with van der Waals surface area (Å²) in [5, 5.41) is 12.6. The van der Waals surface area contributed by atoms with Crippen LogP contribution in [-0.4, -0.2) is 104 Å². The average Bonchev–Trinajstić information content (AvgIpc) is 3.86. The van der Waals surface area contributed by atoms with E-state index in [0.717, 1.165) is 32.5 Å². The van der Waals surface area contributed by atoms with Gasteiger partial charge in [-0.2, -0.15) is 0 Å². The summed E-state index contributed by atoms with van der Waals surface area (Å²) in [7, 11) is 0.264. The van der Waals surface area contributed by atoms with Gasteiger partial charge in [-0.1, -0.05) is 113 Å². The number of rotatable bonds is 14. The summed E-state index contributed by atoms with van der Waals surface area (Å²) in [5.74, 6) is 0.157. The number of ether oxygens (including phenoxy) is 6. The van der Waals surface area contributed by atoms with Crippen molar-refractivity contribution in [2.45, 2.75) is 103 Å². The lowest BCUT2D eigenvalue weighted by Gasteiger charge is -2.47. The first-order chi connectivity index (χ1) is 37.9. The van der Waals surface area contributed by atoms with Crippen LogP contribution in [0.4, 0.5) is 21.0 Å². The number of aliphatic hydroxyl groups excluding tert-OH is 1. The highest BCUT2D eigenvalue weighted by Gasteiger charge is 2.51. The molecule has 0 aliphatic carbocycles. The molecule has 0 saturated heterocycles. The molecule has 6 aromatic rings. The molecule has 0 saturated carbocycles. The Balaban J connectivity index is 0.997. The van der Waals surface area contributed by atoms with Gasteiger partial charge in [-0.3, -0.25) is 9.59 Å². The number of carbonyl (C=O) groups excluding carboxylic acids is 4. The number of anilines is 2. The highest BCUT2D eigenvalue weighted by atomic mass is 28.4. The molecular weight excluding hydrogens is 1020 g/mol. The van der Waals surface area contributed by atoms with Crippen LogP contribution in [0.25, 0.3) is 10.9 Å². The number of para-hydroxylation sites is 1. The van der Waals surface area contributed by atoms with E-state index in [-0.39, 0.29) is 89.4 Å². The zero-order valence-corrected chi connectivity index (χ0v) is 46.5. The Morgan fingerprint density at radius 1 is 0.671 bits per heavy atom. The predicted octanol–water partition coefficient (Wildman–Crippen LogP) is 10.5. The summed E-state index contributed by atoms with van der Waals surface area (Å²) >= 11 is 0. The van der Waals surface area contributed by atoms with Gasteiger partial charge >= 0.3 is 12.2 Å². The summed E-state index contributed by atoms with van der Waals surface area (Å²) < 4.78 is 43.6. The topological polar surface area (TPSA) is 179 Å². The SMILES string of the molecule is C=CCOC(=O)N1c2cc(OCc3cc(COc4cc5c(cc4OC)C(=O)N4Cc6ccccc6C[C@H]4C(O[Si](C)(C)C(C)(C)C)N5C(=O)OCC=C)c4ccccc4n3)c(OC)cc2C(=O)N2Cc3ccccc3C[C@H]2C1O. The van der Waals surface area contributed by atoms with Crippen LogP contribution in [0.3, 0.4) is 0 Å². The fraction of sp³-hybridized carbons (Fsp3) is 0.328. The molecule has 10 rings (SSSR count). The average molecular weight is 1090 g/mol. The molecule has 4 aliphatic rings. The van der Waals surface area contributed by atoms with Crippen molar-refractivity contribution in [2.24, 2.45) is 0 Å². The molecule has 4 atom stereocenters. The second kappa shape index (κ2) is 21.9. The number of benzene rings is 5. The summed E-state index contributed by atoms with van der Waals surface area (Å²) in [6, 6.07) is 30.0. The molecule has 5 heterocycles. The molecule has 1 aromatic heterocycles. The van der Waals surface area contributed by atoms with E-state index < -0.39 is 51.0 Å². The molecule has 410 valence electrons. The normalized spacial score (nSPS) is 18.6. The number of amides is 4. The highest BCUT2D eigenvalue weighted by molar-refractivity contribution is 6.74. The standard InChI is InChI=1S/C61H65N5O12Si/c1-10-24-74-59(70)65-47-31-54(52(73-7)29-44(47)55(67)63-33-39-20-14-12-18-37(39)27-49(63)57(65)69)77-36-42-26-41(43-22-16-17-23-46(43)62-42)35-76-53-32-48-45(30-51(53)72-6)56(68)64-34-40-21-15-13-19-38(40)28-50(64)58(66(48)60(71)75-25-11-2)78-79(8,9)61(3,4)5/h10-23,26,29-32,49-50,57-58,69H,1-2,24-25,27-28,33-36H2,3-9H3/t49-,50-,57?,58?/m0/s1. The largest absolute Gasteiger partial charge is 0.493 e. The minimum Gasteiger partial charge on any atom is -0.493 e. The molecule has 4 amide bonds. The van der Waals surface area contributed by atoms with Crippen LogP contribution >= 0.6 is 0 Å². The van der Waals surface area contributed by atoms with Crippen LogP contribution in [-0.2, 0) is 53.0 Å². The number of nitrogens with zero attached hydrogens (tertiary/aromatic N) is 5. The molecule has 0 fully saturated rings. The molecule has 18 heteroatoms. The fourth-order valence-corrected chi connectivity index (χ4v) is 11.8. The van der Waals surface area contributed by atoms with Gasteiger partial charge in [0.1, 0.15) is 26.4 Å². The van der Waals surface area contributed by atoms with Crippen LogP contribution in [0, 0.1) is 0 Å². The van der Waals surface area contributed by atoms with E-state index in [1.807, 2.05) is 72.8 Å². The third-order valence-corrected chi connectivity index (χ3v) is 20.2. The molecule has 0 bridgehead atoms. The van der Waals surface area contributed by atoms with Gasteiger partial charge in [0.2, 0.25) is 0 Å². The van der Waals surface area contributed by atoms with Crippen molar-refractivity contribution in [1.29, 1.82) is 0 Å². The third-order valence-electron chi connectivity index (χ3n) is 15.7. The Bertz CT molecular complexity index is 3400. The Kier molecular flexibility index (Phi) is 15.0. The lowest BCUT2D eigenvalue weighted by atomic mass is 9.93. The van der Waals surface area contributed by atoms with Gasteiger partial charge in [-0.05, 0) is 77.5 Å². The van der Waals surface area contributed by atoms with Crippen molar-refractivity contribution in [2.75, 3.05) is 37.2 Å². The maximum atomic E-state index is 15.1. The van der Waals surface area contributed by atoms with Gasteiger partial charge < -0.3 is 47.8 Å². The van der Waals surface area contributed by atoms with Crippen molar-refractivity contribution in [3.63, 3.8) is 0 Å². The van der Waals surface area contributed by atoms with Crippen LogP contribution in [0.1, 0.15) is 75.0 Å². The van der Waals surface area contributed by atoms with Gasteiger partial charge in [-0.15, -0.1) is 0 Å². The zero-order valence-electron chi connectivity index (χ0n) is 45.5. The number of fused-ring (bicyclic) bond motifs is 7. The minimum atomic E-state index is -2.68. The predicted molar refractivity (Wildman–Crippen MR) is 300 cm³/mol. The lowest BCUT2D eigenvalue weighted by Crippen LogP contribution is -2.60. The second-order valence-corrected chi connectivity index (χ2v) is 26.3. The van der Waals surface area contributed by atoms with E-state index >= 15 is 4.79 Å². The van der Waals surface area contributed by atoms with Crippen LogP contribution < -0.4 is 28.7 Å². The van der Waals surface area contributed by atoms with Crippen LogP contribution in [0.5, 0.6) is 23.0 Å². The molecule has 79 heavy (non-hydrogen) atoms. The Hall–Kier alpha value is -8.19. The third kappa shape index (κ3) is 10.3. The summed E-state index contributed by atoms with van der Waals surface area (Å²) in [5.41, 5.74) is 6.44. The first kappa shape index (κ1) is 54.2. The van der Waals surface area contributed by atoms with Crippen LogP contribution in [0.2, 0.25) is 18.1 Å². The number of aliphatic hydroxyl groups is 1. The molecule has 5 aromatic carbocycles. The van der Waals surface area contributed by atoms with Crippen molar-refractivity contribution in [3.8, 4) is 23.0 Å². The lowest BCUT2D eigenvalue weighted by molar-refractivity contribution is 0.0299. The molecule has 0 spiro atoms. The molecule has 4 aliphatic heterocycles. The Morgan fingerprint density at radius 2 is 1.16 bits per heavy atom. The van der Waals surface area contributed by atoms with Gasteiger partial charge in [0.15, 0.2) is 43.8 Å². The van der Waals surface area contributed by atoms with E-state index in [1.165, 1.54) is 43.4 Å². The van der Waals surface area contributed by atoms with E-state index in [1.54, 1.807) is 21.9 Å². The van der Waals surface area contributed by atoms with Crippen molar-refractivity contribution < 1.29 is 57.1 Å². The molecule has 1 N–H and O–H groups in total. The van der Waals surface area contributed by atoms with Gasteiger partial charge in [0.25, 0.3) is 11.8 Å². The van der Waals surface area contributed by atoms with E-state index in [9.17, 15) is 19.5 Å². The van der Waals surface area contributed by atoms with Gasteiger partial charge in [0.05, 0.1) is 60.0 Å². The number of pyridine rings is 1. The first-order valence-corrected chi connectivity index (χ1v) is 29.2. The fourth-order valence-electron chi connectivity index (χ4n) is 10.6. The number of hydrogen-bond acceptors (Lipinski definition) is 13. The van der Waals surface area contributed by atoms with Crippen molar-refractivity contribution in [1.82, 2.24) is 14.8 Å². The summed E-state index contributed by atoms with van der Waals surface area (Å²) in [4.78, 5) is 69.1. The summed E-state index contributed by atoms with van der Waals surface area (Å²) in [6.07, 6.45) is -0.394. The molecule has 17 nitrogen and oxygen atoms in total. The second-order valence-electron chi connectivity index (χ2n) is 21.5. The van der Waals surface area contributed by atoms with Crippen molar-refractivity contribution >= 4 is 54.6 Å². The first-order valence-electron chi connectivity index (χ1n) is 26.3. The van der Waals surface area contributed by atoms with Gasteiger partial charge in [-0.25, -0.2) is 24.4 Å². The maximum absolute atomic E-state index is 15.1. The van der Waals surface area contributed by atoms with E-state index in [2.05, 4.69) is 53.1 Å². The number of carbonyl (C=O) groups is 4. The number of aromatic nitrogens is 1. The zero-order chi connectivity index (χ0) is 55.9. The van der Waals surface area contributed by atoms with Crippen molar-refractivity contribution in [3.05, 3.63) is 173 Å². The minimum absolute atomic E-state index is 0.0283. The Morgan fingerprint density at radius 3 is 1.72 bits per heavy atom. The number of hydrogen-bond donors (Lipinski definition) is 1. The highest BCUT2D eigenvalue weighted by Crippen LogP contribution is 2.47. The van der Waals surface area contributed by atoms with E-state index in [0.29, 0.717) is 36.2 Å². The van der Waals surface area contributed by atoms with Crippen LogP contribution in [0.15, 0.2) is 128 Å². The Labute approximate surface area is 460 Å². The monoisotopic (exact) mass is 1090 g/mol. The number of methoxy groups -OCH3 is 2. The molecule has 2 unspecified atom stereocenters. The maximum Gasteiger partial charge on any atom is 0.416 e. The van der Waals surface area contributed by atoms with E-state index in [4.69, 9.17) is 37.8 Å². The molecule has 0 radical (unpaired) electrons. The summed E-state index contributed by atoms with van der Waals surface area (Å²) in [6.45, 7) is 18.2. The quantitative estimate of drug-likeness (QED) is 0.0805.